The molecule has 452 valence electrons. The Morgan fingerprint density at radius 1 is 0.736 bits per heavy atom. The van der Waals surface area contributed by atoms with E-state index >= 15 is 0 Å². The molecule has 0 spiro atoms. The summed E-state index contributed by atoms with van der Waals surface area (Å²) in [6, 6.07) is 36.6. The highest BCUT2D eigenvalue weighted by molar-refractivity contribution is 7.89. The van der Waals surface area contributed by atoms with Crippen molar-refractivity contribution in [3.8, 4) is 11.5 Å². The summed E-state index contributed by atoms with van der Waals surface area (Å²) in [5, 5.41) is 5.92. The van der Waals surface area contributed by atoms with Crippen LogP contribution in [0, 0.1) is 0 Å². The summed E-state index contributed by atoms with van der Waals surface area (Å²) < 4.78 is 75.6. The minimum atomic E-state index is -4.13. The topological polar surface area (TPSA) is 276 Å². The number of para-hydroxylation sites is 1. The number of anilines is 5. The van der Waals surface area contributed by atoms with Gasteiger partial charge in [0, 0.05) is 148 Å². The number of pyridine rings is 3. The third-order valence-corrected chi connectivity index (χ3v) is 19.1. The van der Waals surface area contributed by atoms with Crippen LogP contribution in [0.3, 0.4) is 0 Å². The smallest absolute Gasteiger partial charge is 0.339 e. The molecule has 0 saturated carbocycles. The molecule has 3 fully saturated rings. The molecular formula is C63H69N13O9S2. The number of amides is 1. The summed E-state index contributed by atoms with van der Waals surface area (Å²) in [7, 11) is -6.42. The normalized spacial score (nSPS) is 15.9. The Labute approximate surface area is 504 Å². The maximum atomic E-state index is 13.9. The highest BCUT2D eigenvalue weighted by atomic mass is 32.2. The van der Waals surface area contributed by atoms with E-state index in [9.17, 15) is 26.4 Å². The standard InChI is InChI=1S/C37H35N5O5S2.C26H34N8O4/c43-48(44,36-10-4-6-29-25-38-18-16-34(29)36)40-31(27-41-20-22-42(23-21-41)32-8-2-1-3-9-32)24-28-12-14-33(15-13-28)47-49(45,46)37-11-5-7-30-26-39-19-17-35(30)37;1-3-34-23(27)21(24(28)36)22(35)18-15-29-26(31-25(18)34)30-19-5-4-17(14-20(19)37-2)32-8-6-16(7-9-32)33-10-12-38-13-11-33/h1-19,25-26,31,40H,20-24,27H2;4-5,14-16H,3,6-13,27H2,1-2H3,(H2,28,36)(H,29,30,31)/t31-;/m1./s1. The number of aryl methyl sites for hydroxylation is 1. The van der Waals surface area contributed by atoms with Crippen molar-refractivity contribution in [3.63, 3.8) is 0 Å². The van der Waals surface area contributed by atoms with Gasteiger partial charge in [-0.1, -0.05) is 54.6 Å². The van der Waals surface area contributed by atoms with Crippen molar-refractivity contribution >= 4 is 87.5 Å². The van der Waals surface area contributed by atoms with Crippen LogP contribution in [0.1, 0.15) is 35.7 Å². The number of piperidine rings is 1. The fourth-order valence-electron chi connectivity index (χ4n) is 11.7. The van der Waals surface area contributed by atoms with Crippen molar-refractivity contribution in [2.24, 2.45) is 5.73 Å². The SMILES string of the molecule is CCn1c(N)c(C(N)=O)c(=O)c2cnc(Nc3ccc(N4CCC(N5CCOCC5)CC4)cc3OC)nc21.O=S(=O)(N[C@H](Cc1ccc(OS(=O)(=O)c2cccc3cnccc23)cc1)CN1CCN(c2ccccc2)CC1)c1cccc2cnccc12. The summed E-state index contributed by atoms with van der Waals surface area (Å²) in [4.78, 5) is 51.5. The van der Waals surface area contributed by atoms with Gasteiger partial charge in [0.25, 0.3) is 5.91 Å². The molecule has 0 bridgehead atoms. The zero-order valence-electron chi connectivity index (χ0n) is 48.4. The monoisotopic (exact) mass is 1220 g/mol. The van der Waals surface area contributed by atoms with Crippen molar-refractivity contribution in [2.75, 3.05) is 100 Å². The van der Waals surface area contributed by atoms with Crippen molar-refractivity contribution in [2.45, 2.75) is 54.6 Å². The van der Waals surface area contributed by atoms with Gasteiger partial charge in [-0.15, -0.1) is 0 Å². The third kappa shape index (κ3) is 13.6. The predicted molar refractivity (Wildman–Crippen MR) is 337 cm³/mol. The molecule has 7 heterocycles. The first-order valence-corrected chi connectivity index (χ1v) is 31.8. The lowest BCUT2D eigenvalue weighted by Crippen LogP contribution is -2.52. The number of ether oxygens (including phenoxy) is 2. The molecule has 5 aromatic carbocycles. The van der Waals surface area contributed by atoms with E-state index < -0.39 is 37.5 Å². The van der Waals surface area contributed by atoms with Crippen LogP contribution in [-0.2, 0) is 37.8 Å². The maximum Gasteiger partial charge on any atom is 0.339 e. The Morgan fingerprint density at radius 3 is 2.05 bits per heavy atom. The molecule has 9 aromatic rings. The average molecular weight is 1220 g/mol. The van der Waals surface area contributed by atoms with Gasteiger partial charge in [-0.25, -0.2) is 18.1 Å². The highest BCUT2D eigenvalue weighted by Crippen LogP contribution is 2.34. The predicted octanol–water partition coefficient (Wildman–Crippen LogP) is 6.81. The molecule has 6 N–H and O–H groups in total. The molecule has 87 heavy (non-hydrogen) atoms. The number of nitrogens with two attached hydrogens (primary N) is 2. The van der Waals surface area contributed by atoms with Crippen LogP contribution in [0.2, 0.25) is 0 Å². The van der Waals surface area contributed by atoms with E-state index in [-0.39, 0.29) is 38.3 Å². The van der Waals surface area contributed by atoms with Crippen LogP contribution < -0.4 is 45.7 Å². The summed E-state index contributed by atoms with van der Waals surface area (Å²) in [5.41, 5.74) is 14.8. The number of carbonyl (C=O) groups excluding carboxylic acids is 1. The van der Waals surface area contributed by atoms with Crippen molar-refractivity contribution in [1.29, 1.82) is 0 Å². The number of aromatic nitrogens is 5. The van der Waals surface area contributed by atoms with E-state index in [1.807, 2.05) is 43.3 Å². The van der Waals surface area contributed by atoms with Crippen LogP contribution in [0.15, 0.2) is 167 Å². The van der Waals surface area contributed by atoms with Crippen LogP contribution in [0.4, 0.5) is 28.8 Å². The molecule has 22 nitrogen and oxygen atoms in total. The van der Waals surface area contributed by atoms with E-state index in [1.54, 1.807) is 97.1 Å². The first-order chi connectivity index (χ1) is 42.2. The maximum absolute atomic E-state index is 13.9. The largest absolute Gasteiger partial charge is 0.494 e. The van der Waals surface area contributed by atoms with Crippen LogP contribution in [-0.4, -0.2) is 148 Å². The molecule has 24 heteroatoms. The number of hydrogen-bond acceptors (Lipinski definition) is 19. The fraction of sp³-hybridized carbons (Fsp3) is 0.302. The lowest BCUT2D eigenvalue weighted by molar-refractivity contribution is 0.0115. The molecule has 0 aliphatic carbocycles. The molecule has 3 aliphatic rings. The molecule has 0 unspecified atom stereocenters. The summed E-state index contributed by atoms with van der Waals surface area (Å²) in [6.07, 6.45) is 10.4. The Hall–Kier alpha value is -8.78. The van der Waals surface area contributed by atoms with Gasteiger partial charge in [0.1, 0.15) is 27.8 Å². The summed E-state index contributed by atoms with van der Waals surface area (Å²) >= 11 is 0. The van der Waals surface area contributed by atoms with Crippen LogP contribution >= 0.6 is 0 Å². The minimum Gasteiger partial charge on any atom is -0.494 e. The number of nitrogens with zero attached hydrogens (tertiary/aromatic N) is 9. The molecule has 1 atom stereocenters. The lowest BCUT2D eigenvalue weighted by atomic mass is 10.0. The van der Waals surface area contributed by atoms with Gasteiger partial charge in [-0.05, 0) is 92.4 Å². The van der Waals surface area contributed by atoms with E-state index in [1.165, 1.54) is 18.0 Å². The van der Waals surface area contributed by atoms with Crippen LogP contribution in [0.25, 0.3) is 32.6 Å². The van der Waals surface area contributed by atoms with Crippen LogP contribution in [0.5, 0.6) is 11.5 Å². The van der Waals surface area contributed by atoms with E-state index in [2.05, 4.69) is 67.8 Å². The number of nitrogen functional groups attached to an aromatic ring is 1. The van der Waals surface area contributed by atoms with Gasteiger partial charge in [0.15, 0.2) is 5.65 Å². The number of benzene rings is 5. The number of piperazine rings is 1. The Balaban J connectivity index is 0.000000186. The minimum absolute atomic E-state index is 0.0125. The zero-order chi connectivity index (χ0) is 60.7. The molecule has 0 radical (unpaired) electrons. The highest BCUT2D eigenvalue weighted by Gasteiger charge is 2.29. The molecule has 4 aromatic heterocycles. The van der Waals surface area contributed by atoms with Gasteiger partial charge in [0.05, 0.1) is 36.3 Å². The number of primary amides is 1. The molecule has 3 saturated heterocycles. The van der Waals surface area contributed by atoms with Gasteiger partial charge in [0.2, 0.25) is 21.4 Å². The Kier molecular flexibility index (Phi) is 18.2. The number of sulfonamides is 1. The molecule has 12 rings (SSSR count). The molecular weight excluding hydrogens is 1150 g/mol. The van der Waals surface area contributed by atoms with Crippen molar-refractivity contribution in [1.82, 2.24) is 39.0 Å². The molecule has 3 aliphatic heterocycles. The fourth-order valence-corrected chi connectivity index (χ4v) is 14.3. The van der Waals surface area contributed by atoms with E-state index in [4.69, 9.17) is 25.1 Å². The van der Waals surface area contributed by atoms with Gasteiger partial charge in [-0.3, -0.25) is 29.4 Å². The number of rotatable bonds is 18. The summed E-state index contributed by atoms with van der Waals surface area (Å²) in [6.45, 7) is 11.6. The Bertz CT molecular complexity index is 4210. The summed E-state index contributed by atoms with van der Waals surface area (Å²) in [5.74, 6) is 0.185. The second-order valence-corrected chi connectivity index (χ2v) is 24.7. The first kappa shape index (κ1) is 59.9. The number of methoxy groups -OCH3 is 1. The van der Waals surface area contributed by atoms with E-state index in [0.717, 1.165) is 95.1 Å². The lowest BCUT2D eigenvalue weighted by Gasteiger charge is -2.40. The van der Waals surface area contributed by atoms with Gasteiger partial charge >= 0.3 is 10.1 Å². The second kappa shape index (κ2) is 26.5. The van der Waals surface area contributed by atoms with E-state index in [0.29, 0.717) is 58.8 Å². The average Bonchev–Trinajstić information content (AvgIpc) is 1.70. The van der Waals surface area contributed by atoms with Crippen molar-refractivity contribution in [3.05, 3.63) is 174 Å². The number of nitrogens with one attached hydrogen (secondary N) is 2. The number of morpholine rings is 1. The Morgan fingerprint density at radius 2 is 1.39 bits per heavy atom. The molecule has 1 amide bonds. The third-order valence-electron chi connectivity index (χ3n) is 16.2. The second-order valence-electron chi connectivity index (χ2n) is 21.5. The van der Waals surface area contributed by atoms with Crippen molar-refractivity contribution < 1.29 is 35.3 Å². The number of hydrogen-bond donors (Lipinski definition) is 4. The first-order valence-electron chi connectivity index (χ1n) is 28.9. The van der Waals surface area contributed by atoms with Gasteiger partial charge < -0.3 is 44.8 Å². The number of carbonyl (C=O) groups is 1. The quantitative estimate of drug-likeness (QED) is 0.0642. The number of fused-ring (bicyclic) bond motifs is 3. The zero-order valence-corrected chi connectivity index (χ0v) is 50.0. The van der Waals surface area contributed by atoms with Gasteiger partial charge in [-0.2, -0.15) is 13.4 Å².